The zero-order valence-corrected chi connectivity index (χ0v) is 20.7. The number of amides is 2. The molecule has 0 spiro atoms. The molecule has 2 aromatic carbocycles. The molecule has 3 heterocycles. The van der Waals surface area contributed by atoms with Crippen LogP contribution in [0, 0.1) is 0 Å². The summed E-state index contributed by atoms with van der Waals surface area (Å²) in [4.78, 5) is 20.7. The van der Waals surface area contributed by atoms with Gasteiger partial charge in [0.05, 0.1) is 16.5 Å². The van der Waals surface area contributed by atoms with Crippen LogP contribution in [-0.2, 0) is 12.8 Å². The van der Waals surface area contributed by atoms with Gasteiger partial charge in [0.2, 0.25) is 5.82 Å². The van der Waals surface area contributed by atoms with Crippen LogP contribution in [0.4, 0.5) is 4.79 Å². The zero-order chi connectivity index (χ0) is 24.2. The van der Waals surface area contributed by atoms with Gasteiger partial charge in [-0.3, -0.25) is 4.90 Å². The molecule has 1 N–H and O–H groups in total. The maximum absolute atomic E-state index is 13.2. The zero-order valence-electron chi connectivity index (χ0n) is 19.9. The number of carbonyl (C=O) groups is 1. The van der Waals surface area contributed by atoms with Crippen LogP contribution in [0.25, 0.3) is 16.3 Å². The molecule has 0 saturated carbocycles. The van der Waals surface area contributed by atoms with E-state index in [1.54, 1.807) is 16.2 Å². The van der Waals surface area contributed by atoms with Gasteiger partial charge in [0, 0.05) is 12.2 Å². The maximum Gasteiger partial charge on any atom is 0.322 e. The smallest absolute Gasteiger partial charge is 0.322 e. The first-order valence-electron chi connectivity index (χ1n) is 11.9. The second-order valence-corrected chi connectivity index (χ2v) is 9.57. The Kier molecular flexibility index (Phi) is 6.77. The second-order valence-electron chi connectivity index (χ2n) is 8.62. The van der Waals surface area contributed by atoms with Gasteiger partial charge >= 0.3 is 6.03 Å². The molecule has 7 heteroatoms. The molecule has 35 heavy (non-hydrogen) atoms. The number of carbonyl (C=O) groups excluding carboxylic acids is 1. The number of aromatic nitrogens is 2. The van der Waals surface area contributed by atoms with Crippen LogP contribution in [0.5, 0.6) is 0 Å². The molecule has 0 aliphatic carbocycles. The molecule has 0 saturated heterocycles. The van der Waals surface area contributed by atoms with E-state index < -0.39 is 0 Å². The average molecular weight is 485 g/mol. The lowest BCUT2D eigenvalue weighted by molar-refractivity contribution is 0.204. The molecule has 1 aliphatic rings. The quantitative estimate of drug-likeness (QED) is 0.310. The fraction of sp³-hybridized carbons (Fsp3) is 0.250. The lowest BCUT2D eigenvalue weighted by atomic mass is 9.93. The molecule has 178 valence electrons. The fourth-order valence-electron chi connectivity index (χ4n) is 4.45. The molecular weight excluding hydrogens is 456 g/mol. The van der Waals surface area contributed by atoms with Crippen LogP contribution in [0.1, 0.15) is 48.9 Å². The lowest BCUT2D eigenvalue weighted by Crippen LogP contribution is -2.46. The predicted molar refractivity (Wildman–Crippen MR) is 139 cm³/mol. The Bertz CT molecular complexity index is 1310. The Morgan fingerprint density at radius 3 is 2.54 bits per heavy atom. The van der Waals surface area contributed by atoms with E-state index in [9.17, 15) is 4.79 Å². The van der Waals surface area contributed by atoms with Crippen LogP contribution in [0.3, 0.4) is 0 Å². The van der Waals surface area contributed by atoms with Gasteiger partial charge in [0.15, 0.2) is 0 Å². The van der Waals surface area contributed by atoms with Gasteiger partial charge in [0.25, 0.3) is 5.89 Å². The molecule has 0 fully saturated rings. The van der Waals surface area contributed by atoms with Gasteiger partial charge in [-0.15, -0.1) is 11.3 Å². The number of rotatable bonds is 8. The van der Waals surface area contributed by atoms with Crippen molar-refractivity contribution >= 4 is 22.9 Å². The molecule has 2 amide bonds. The highest BCUT2D eigenvalue weighted by atomic mass is 32.1. The largest absolute Gasteiger partial charge is 0.334 e. The number of hydrogen-bond acceptors (Lipinski definition) is 5. The fourth-order valence-corrected chi connectivity index (χ4v) is 5.10. The number of hydrogen-bond donors (Lipinski definition) is 1. The molecule has 0 bridgehead atoms. The van der Waals surface area contributed by atoms with E-state index in [2.05, 4.69) is 53.8 Å². The molecule has 4 aromatic rings. The number of benzene rings is 2. The van der Waals surface area contributed by atoms with E-state index in [0.29, 0.717) is 18.3 Å². The van der Waals surface area contributed by atoms with Crippen molar-refractivity contribution in [2.45, 2.75) is 39.2 Å². The minimum Gasteiger partial charge on any atom is -0.334 e. The van der Waals surface area contributed by atoms with Crippen molar-refractivity contribution in [2.75, 3.05) is 6.54 Å². The van der Waals surface area contributed by atoms with E-state index in [4.69, 9.17) is 9.51 Å². The van der Waals surface area contributed by atoms with Crippen molar-refractivity contribution < 1.29 is 9.32 Å². The molecule has 5 rings (SSSR count). The summed E-state index contributed by atoms with van der Waals surface area (Å²) in [6, 6.07) is 22.1. The number of thiophene rings is 1. The number of urea groups is 1. The van der Waals surface area contributed by atoms with Gasteiger partial charge in [0.1, 0.15) is 0 Å². The summed E-state index contributed by atoms with van der Waals surface area (Å²) in [5.41, 5.74) is 5.18. The Labute approximate surface area is 209 Å². The Morgan fingerprint density at radius 1 is 1.03 bits per heavy atom. The standard InChI is InChI=1S/C28H28N4O2S/c1-3-20-13-15-22(16-14-20)25-24(27-30-26(31-34-27)23-12-8-18-35-23)19(2)32(28(33)29-25)17-7-11-21-9-5-4-6-10-21/h4-6,8-10,12-16,18,25H,3,7,11,17H2,1-2H3,(H,29,33). The van der Waals surface area contributed by atoms with E-state index in [0.717, 1.165) is 41.0 Å². The highest BCUT2D eigenvalue weighted by Crippen LogP contribution is 2.37. The SMILES string of the molecule is CCc1ccc(C2NC(=O)N(CCCc3ccccc3)C(C)=C2c2nc(-c3cccs3)no2)cc1. The summed E-state index contributed by atoms with van der Waals surface area (Å²) < 4.78 is 5.76. The first-order valence-corrected chi connectivity index (χ1v) is 12.8. The van der Waals surface area contributed by atoms with Crippen molar-refractivity contribution in [3.8, 4) is 10.7 Å². The highest BCUT2D eigenvalue weighted by molar-refractivity contribution is 7.13. The van der Waals surface area contributed by atoms with Gasteiger partial charge in [-0.25, -0.2) is 4.79 Å². The first-order chi connectivity index (χ1) is 17.1. The van der Waals surface area contributed by atoms with E-state index in [1.165, 1.54) is 11.1 Å². The topological polar surface area (TPSA) is 71.3 Å². The summed E-state index contributed by atoms with van der Waals surface area (Å²) >= 11 is 1.57. The molecule has 0 radical (unpaired) electrons. The number of aryl methyl sites for hydroxylation is 2. The summed E-state index contributed by atoms with van der Waals surface area (Å²) in [7, 11) is 0. The molecule has 2 aromatic heterocycles. The minimum atomic E-state index is -0.365. The van der Waals surface area contributed by atoms with E-state index in [-0.39, 0.29) is 12.1 Å². The average Bonchev–Trinajstić information content (AvgIpc) is 3.59. The summed E-state index contributed by atoms with van der Waals surface area (Å²) in [5.74, 6) is 0.992. The first kappa shape index (κ1) is 23.1. The summed E-state index contributed by atoms with van der Waals surface area (Å²) in [6.07, 6.45) is 2.71. The number of nitrogens with one attached hydrogen (secondary N) is 1. The number of nitrogens with zero attached hydrogens (tertiary/aromatic N) is 3. The van der Waals surface area contributed by atoms with Crippen molar-refractivity contribution in [2.24, 2.45) is 0 Å². The van der Waals surface area contributed by atoms with Gasteiger partial charge < -0.3 is 9.84 Å². The molecule has 1 unspecified atom stereocenters. The maximum atomic E-state index is 13.2. The van der Waals surface area contributed by atoms with Crippen LogP contribution in [0.2, 0.25) is 0 Å². The van der Waals surface area contributed by atoms with Crippen LogP contribution in [0.15, 0.2) is 82.3 Å². The third-order valence-electron chi connectivity index (χ3n) is 6.41. The minimum absolute atomic E-state index is 0.109. The molecule has 1 atom stereocenters. The van der Waals surface area contributed by atoms with Gasteiger partial charge in [-0.2, -0.15) is 4.98 Å². The monoisotopic (exact) mass is 484 g/mol. The molecule has 1 aliphatic heterocycles. The molecular formula is C28H28N4O2S. The normalized spacial score (nSPS) is 16.0. The molecule has 6 nitrogen and oxygen atoms in total. The van der Waals surface area contributed by atoms with Gasteiger partial charge in [-0.05, 0) is 54.3 Å². The van der Waals surface area contributed by atoms with Crippen molar-refractivity contribution in [3.63, 3.8) is 0 Å². The van der Waals surface area contributed by atoms with E-state index in [1.807, 2.05) is 42.6 Å². The Hall–Kier alpha value is -3.71. The van der Waals surface area contributed by atoms with Crippen molar-refractivity contribution in [1.82, 2.24) is 20.4 Å². The lowest BCUT2D eigenvalue weighted by Gasteiger charge is -2.35. The van der Waals surface area contributed by atoms with Crippen molar-refractivity contribution in [1.29, 1.82) is 0 Å². The Balaban J connectivity index is 1.48. The third-order valence-corrected chi connectivity index (χ3v) is 7.27. The predicted octanol–water partition coefficient (Wildman–Crippen LogP) is 6.49. The van der Waals surface area contributed by atoms with Crippen LogP contribution >= 0.6 is 11.3 Å². The summed E-state index contributed by atoms with van der Waals surface area (Å²) in [5, 5.41) is 9.41. The van der Waals surface area contributed by atoms with Crippen LogP contribution < -0.4 is 5.32 Å². The third kappa shape index (κ3) is 4.91. The highest BCUT2D eigenvalue weighted by Gasteiger charge is 2.35. The Morgan fingerprint density at radius 2 is 1.83 bits per heavy atom. The van der Waals surface area contributed by atoms with Crippen LogP contribution in [-0.4, -0.2) is 27.6 Å². The van der Waals surface area contributed by atoms with Gasteiger partial charge in [-0.1, -0.05) is 72.7 Å². The number of allylic oxidation sites excluding steroid dienone is 1. The second kappa shape index (κ2) is 10.3. The van der Waals surface area contributed by atoms with Crippen molar-refractivity contribution in [3.05, 3.63) is 100 Å². The van der Waals surface area contributed by atoms with E-state index >= 15 is 0 Å². The summed E-state index contributed by atoms with van der Waals surface area (Å²) in [6.45, 7) is 4.70.